The van der Waals surface area contributed by atoms with Gasteiger partial charge in [0.25, 0.3) is 0 Å². The molecule has 0 saturated carbocycles. The zero-order valence-corrected chi connectivity index (χ0v) is 15.8. The molecule has 0 aromatic heterocycles. The maximum atomic E-state index is 12.3. The van der Waals surface area contributed by atoms with Crippen molar-refractivity contribution in [2.75, 3.05) is 14.2 Å². The van der Waals surface area contributed by atoms with Crippen molar-refractivity contribution in [3.05, 3.63) is 26.6 Å². The third-order valence-corrected chi connectivity index (χ3v) is 4.83. The van der Waals surface area contributed by atoms with E-state index in [2.05, 4.69) is 31.9 Å². The lowest BCUT2D eigenvalue weighted by molar-refractivity contribution is -0.160. The fraction of sp³-hybridized carbons (Fsp3) is 0.400. The van der Waals surface area contributed by atoms with Crippen LogP contribution in [0.5, 0.6) is 5.75 Å². The summed E-state index contributed by atoms with van der Waals surface area (Å²) in [5.41, 5.74) is 0.555. The summed E-state index contributed by atoms with van der Waals surface area (Å²) in [6, 6.07) is 3.43. The lowest BCUT2D eigenvalue weighted by atomic mass is 9.75. The third kappa shape index (κ3) is 3.28. The zero-order valence-electron chi connectivity index (χ0n) is 12.6. The first-order chi connectivity index (χ1) is 10.8. The number of hydrogen-bond donors (Lipinski definition) is 0. The Morgan fingerprint density at radius 2 is 1.87 bits per heavy atom. The number of fused-ring (bicyclic) bond motifs is 1. The largest absolute Gasteiger partial charge is 0.469 e. The lowest BCUT2D eigenvalue weighted by Crippen LogP contribution is -2.42. The summed E-state index contributed by atoms with van der Waals surface area (Å²) in [4.78, 5) is 36.4. The summed E-state index contributed by atoms with van der Waals surface area (Å²) in [5.74, 6) is -4.47. The molecule has 124 valence electrons. The SMILES string of the molecule is COC(=O)[C@H]1C(=O)Oc2c(Br)cc(Br)cc2[C@H]1[C@@H](C)C(=O)OC. The molecule has 23 heavy (non-hydrogen) atoms. The minimum absolute atomic E-state index is 0.291. The molecule has 0 bridgehead atoms. The molecule has 0 unspecified atom stereocenters. The van der Waals surface area contributed by atoms with Crippen LogP contribution in [0.2, 0.25) is 0 Å². The highest BCUT2D eigenvalue weighted by atomic mass is 79.9. The monoisotopic (exact) mass is 448 g/mol. The van der Waals surface area contributed by atoms with E-state index in [4.69, 9.17) is 14.2 Å². The lowest BCUT2D eigenvalue weighted by Gasteiger charge is -2.33. The van der Waals surface area contributed by atoms with Crippen LogP contribution < -0.4 is 4.74 Å². The van der Waals surface area contributed by atoms with Crippen molar-refractivity contribution >= 4 is 49.8 Å². The summed E-state index contributed by atoms with van der Waals surface area (Å²) >= 11 is 6.68. The van der Waals surface area contributed by atoms with Gasteiger partial charge in [0.2, 0.25) is 0 Å². The van der Waals surface area contributed by atoms with Gasteiger partial charge in [-0.2, -0.15) is 0 Å². The average molecular weight is 450 g/mol. The zero-order chi connectivity index (χ0) is 17.3. The normalized spacial score (nSPS) is 21.0. The molecule has 1 heterocycles. The van der Waals surface area contributed by atoms with E-state index >= 15 is 0 Å². The molecule has 6 nitrogen and oxygen atoms in total. The molecule has 3 atom stereocenters. The Kier molecular flexibility index (Phi) is 5.46. The predicted molar refractivity (Wildman–Crippen MR) is 86.9 cm³/mol. The van der Waals surface area contributed by atoms with Crippen LogP contribution in [0.15, 0.2) is 21.1 Å². The second-order valence-electron chi connectivity index (χ2n) is 5.07. The molecule has 2 rings (SSSR count). The van der Waals surface area contributed by atoms with Crippen LogP contribution in [0, 0.1) is 11.8 Å². The summed E-state index contributed by atoms with van der Waals surface area (Å²) in [6.45, 7) is 1.60. The van der Waals surface area contributed by atoms with Crippen LogP contribution in [-0.4, -0.2) is 32.1 Å². The number of methoxy groups -OCH3 is 2. The standard InChI is InChI=1S/C15H14Br2O6/c1-6(13(18)21-2)10-8-4-7(16)5-9(17)12(8)23-15(20)11(10)14(19)22-3/h4-6,10-11H,1-3H3/t6-,10-,11+/m1/s1. The Bertz CT molecular complexity index is 672. The van der Waals surface area contributed by atoms with Crippen molar-refractivity contribution in [2.45, 2.75) is 12.8 Å². The number of benzene rings is 1. The van der Waals surface area contributed by atoms with Crippen molar-refractivity contribution in [1.82, 2.24) is 0 Å². The smallest absolute Gasteiger partial charge is 0.326 e. The molecule has 0 fully saturated rings. The van der Waals surface area contributed by atoms with E-state index in [0.29, 0.717) is 20.3 Å². The van der Waals surface area contributed by atoms with Gasteiger partial charge in [-0.1, -0.05) is 22.9 Å². The number of carbonyl (C=O) groups excluding carboxylic acids is 3. The highest BCUT2D eigenvalue weighted by Crippen LogP contribution is 2.47. The molecule has 1 aromatic rings. The fourth-order valence-electron chi connectivity index (χ4n) is 2.69. The molecule has 0 saturated heterocycles. The minimum Gasteiger partial charge on any atom is -0.469 e. The summed E-state index contributed by atoms with van der Waals surface area (Å²) in [7, 11) is 2.44. The van der Waals surface area contributed by atoms with Gasteiger partial charge < -0.3 is 14.2 Å². The third-order valence-electron chi connectivity index (χ3n) is 3.78. The fourth-order valence-corrected chi connectivity index (χ4v) is 4.03. The van der Waals surface area contributed by atoms with Gasteiger partial charge in [0, 0.05) is 16.0 Å². The average Bonchev–Trinajstić information content (AvgIpc) is 2.52. The highest BCUT2D eigenvalue weighted by molar-refractivity contribution is 9.11. The quantitative estimate of drug-likeness (QED) is 0.401. The van der Waals surface area contributed by atoms with Crippen LogP contribution in [-0.2, 0) is 23.9 Å². The molecule has 0 radical (unpaired) electrons. The van der Waals surface area contributed by atoms with E-state index in [9.17, 15) is 14.4 Å². The maximum absolute atomic E-state index is 12.3. The predicted octanol–water partition coefficient (Wildman–Crippen LogP) is 2.81. The Hall–Kier alpha value is -1.41. The second-order valence-corrected chi connectivity index (χ2v) is 6.84. The van der Waals surface area contributed by atoms with Crippen LogP contribution in [0.1, 0.15) is 18.4 Å². The molecule has 8 heteroatoms. The molecule has 0 aliphatic carbocycles. The number of esters is 3. The second kappa shape index (κ2) is 7.00. The van der Waals surface area contributed by atoms with Gasteiger partial charge >= 0.3 is 17.9 Å². The Balaban J connectivity index is 2.65. The van der Waals surface area contributed by atoms with Crippen LogP contribution in [0.4, 0.5) is 0 Å². The van der Waals surface area contributed by atoms with Crippen molar-refractivity contribution in [2.24, 2.45) is 11.8 Å². The molecule has 1 aliphatic rings. The summed E-state index contributed by atoms with van der Waals surface area (Å²) in [6.07, 6.45) is 0. The van der Waals surface area contributed by atoms with Crippen molar-refractivity contribution in [3.8, 4) is 5.75 Å². The molecule has 0 spiro atoms. The van der Waals surface area contributed by atoms with E-state index < -0.39 is 35.7 Å². The molecule has 1 aliphatic heterocycles. The molecule has 0 amide bonds. The van der Waals surface area contributed by atoms with Gasteiger partial charge in [-0.15, -0.1) is 0 Å². The number of halogens is 2. The first-order valence-corrected chi connectivity index (χ1v) is 8.26. The number of carbonyl (C=O) groups is 3. The van der Waals surface area contributed by atoms with E-state index in [-0.39, 0.29) is 0 Å². The van der Waals surface area contributed by atoms with Crippen LogP contribution in [0.25, 0.3) is 0 Å². The first-order valence-electron chi connectivity index (χ1n) is 6.68. The number of ether oxygens (including phenoxy) is 3. The Morgan fingerprint density at radius 1 is 1.22 bits per heavy atom. The van der Waals surface area contributed by atoms with E-state index in [1.54, 1.807) is 19.1 Å². The van der Waals surface area contributed by atoms with Gasteiger partial charge in [-0.05, 0) is 28.1 Å². The van der Waals surface area contributed by atoms with E-state index in [1.807, 2.05) is 0 Å². The summed E-state index contributed by atoms with van der Waals surface area (Å²) < 4.78 is 16.0. The van der Waals surface area contributed by atoms with Gasteiger partial charge in [0.15, 0.2) is 5.92 Å². The first kappa shape index (κ1) is 17.9. The van der Waals surface area contributed by atoms with E-state index in [0.717, 1.165) is 0 Å². The van der Waals surface area contributed by atoms with Crippen molar-refractivity contribution < 1.29 is 28.6 Å². The Labute approximate surface area is 149 Å². The van der Waals surface area contributed by atoms with Gasteiger partial charge in [0.05, 0.1) is 24.6 Å². The van der Waals surface area contributed by atoms with Crippen LogP contribution >= 0.6 is 31.9 Å². The minimum atomic E-state index is -1.23. The van der Waals surface area contributed by atoms with Crippen molar-refractivity contribution in [1.29, 1.82) is 0 Å². The van der Waals surface area contributed by atoms with Crippen LogP contribution in [0.3, 0.4) is 0 Å². The number of rotatable bonds is 3. The molecule has 0 N–H and O–H groups in total. The molecular weight excluding hydrogens is 436 g/mol. The highest BCUT2D eigenvalue weighted by Gasteiger charge is 2.48. The summed E-state index contributed by atoms with van der Waals surface area (Å²) in [5, 5.41) is 0. The Morgan fingerprint density at radius 3 is 2.43 bits per heavy atom. The topological polar surface area (TPSA) is 78.9 Å². The van der Waals surface area contributed by atoms with E-state index in [1.165, 1.54) is 14.2 Å². The number of hydrogen-bond acceptors (Lipinski definition) is 6. The molecule has 1 aromatic carbocycles. The maximum Gasteiger partial charge on any atom is 0.326 e. The van der Waals surface area contributed by atoms with Gasteiger partial charge in [-0.3, -0.25) is 14.4 Å². The van der Waals surface area contributed by atoms with Gasteiger partial charge in [-0.25, -0.2) is 0 Å². The van der Waals surface area contributed by atoms with Gasteiger partial charge in [0.1, 0.15) is 5.75 Å². The van der Waals surface area contributed by atoms with Crippen molar-refractivity contribution in [3.63, 3.8) is 0 Å². The molecular formula is C15H14Br2O6.